The summed E-state index contributed by atoms with van der Waals surface area (Å²) in [4.78, 5) is 18.6. The average Bonchev–Trinajstić information content (AvgIpc) is 3.38. The molecule has 0 unspecified atom stereocenters. The lowest BCUT2D eigenvalue weighted by Gasteiger charge is -2.30. The van der Waals surface area contributed by atoms with Gasteiger partial charge in [-0.15, -0.1) is 0 Å². The van der Waals surface area contributed by atoms with Gasteiger partial charge in [0.15, 0.2) is 0 Å². The fourth-order valence-corrected chi connectivity index (χ4v) is 4.68. The Morgan fingerprint density at radius 2 is 1.57 bits per heavy atom. The Hall–Kier alpha value is -3.33. The second-order valence-corrected chi connectivity index (χ2v) is 9.18. The minimum atomic E-state index is 0.436. The molecule has 0 saturated carbocycles. The number of hydrazone groups is 1. The normalized spacial score (nSPS) is 16.6. The van der Waals surface area contributed by atoms with Gasteiger partial charge in [-0.3, -0.25) is 0 Å². The average molecular weight is 496 g/mol. The molecule has 0 aliphatic carbocycles. The number of benzene rings is 1. The van der Waals surface area contributed by atoms with Crippen LogP contribution in [0.5, 0.6) is 5.75 Å². The maximum atomic E-state index is 6.25. The zero-order chi connectivity index (χ0) is 24.0. The van der Waals surface area contributed by atoms with E-state index in [4.69, 9.17) is 25.7 Å². The topological polar surface area (TPSA) is 91.9 Å². The van der Waals surface area contributed by atoms with Gasteiger partial charge in [0, 0.05) is 31.7 Å². The third-order valence-electron chi connectivity index (χ3n) is 6.31. The first-order valence-corrected chi connectivity index (χ1v) is 12.6. The SMILES string of the molecule is COc1ccc(-c2ccc(C=NNc3nc(N4CCCCC4)nc(N4CCCCC4)n3)o2)cc1Cl. The van der Waals surface area contributed by atoms with Crippen LogP contribution in [0.3, 0.4) is 0 Å². The van der Waals surface area contributed by atoms with Crippen molar-refractivity contribution in [3.05, 3.63) is 41.1 Å². The van der Waals surface area contributed by atoms with E-state index in [1.807, 2.05) is 30.3 Å². The fraction of sp³-hybridized carbons (Fsp3) is 0.440. The van der Waals surface area contributed by atoms with Gasteiger partial charge in [-0.2, -0.15) is 20.1 Å². The predicted molar refractivity (Wildman–Crippen MR) is 139 cm³/mol. The number of methoxy groups -OCH3 is 1. The standard InChI is InChI=1S/C25H30ClN7O2/c1-34-22-10-8-18(16-20(22)26)21-11-9-19(35-21)17-27-31-23-28-24(32-12-4-2-5-13-32)30-25(29-23)33-14-6-3-7-15-33/h8-11,16-17H,2-7,12-15H2,1H3,(H,28,29,30,31). The van der Waals surface area contributed by atoms with Crippen molar-refractivity contribution < 1.29 is 9.15 Å². The maximum absolute atomic E-state index is 6.25. The number of rotatable bonds is 7. The van der Waals surface area contributed by atoms with Crippen molar-refractivity contribution >= 4 is 35.7 Å². The first-order chi connectivity index (χ1) is 17.2. The Balaban J connectivity index is 1.32. The van der Waals surface area contributed by atoms with Gasteiger partial charge in [0.05, 0.1) is 18.3 Å². The molecule has 0 spiro atoms. The van der Waals surface area contributed by atoms with Crippen LogP contribution in [0.1, 0.15) is 44.3 Å². The summed E-state index contributed by atoms with van der Waals surface area (Å²) in [6, 6.07) is 9.26. The largest absolute Gasteiger partial charge is 0.495 e. The van der Waals surface area contributed by atoms with Crippen LogP contribution in [0.15, 0.2) is 39.9 Å². The van der Waals surface area contributed by atoms with E-state index in [0.717, 1.165) is 69.3 Å². The molecule has 10 heteroatoms. The zero-order valence-electron chi connectivity index (χ0n) is 19.9. The van der Waals surface area contributed by atoms with Crippen LogP contribution >= 0.6 is 11.6 Å². The number of aromatic nitrogens is 3. The number of anilines is 3. The van der Waals surface area contributed by atoms with E-state index in [-0.39, 0.29) is 0 Å². The quantitative estimate of drug-likeness (QED) is 0.352. The van der Waals surface area contributed by atoms with Crippen molar-refractivity contribution in [2.24, 2.45) is 5.10 Å². The first kappa shape index (κ1) is 23.4. The smallest absolute Gasteiger partial charge is 0.250 e. The molecule has 0 bridgehead atoms. The van der Waals surface area contributed by atoms with E-state index in [1.165, 1.54) is 12.8 Å². The Morgan fingerprint density at radius 3 is 2.17 bits per heavy atom. The molecule has 0 amide bonds. The second kappa shape index (κ2) is 10.9. The highest BCUT2D eigenvalue weighted by atomic mass is 35.5. The Morgan fingerprint density at radius 1 is 0.914 bits per heavy atom. The predicted octanol–water partition coefficient (Wildman–Crippen LogP) is 5.22. The lowest BCUT2D eigenvalue weighted by Crippen LogP contribution is -2.34. The molecule has 1 N–H and O–H groups in total. The Bertz CT molecular complexity index is 1130. The third kappa shape index (κ3) is 5.67. The molecule has 0 atom stereocenters. The summed E-state index contributed by atoms with van der Waals surface area (Å²) < 4.78 is 11.1. The molecule has 9 nitrogen and oxygen atoms in total. The molecule has 2 aliphatic rings. The van der Waals surface area contributed by atoms with Crippen LogP contribution in [0, 0.1) is 0 Å². The summed E-state index contributed by atoms with van der Waals surface area (Å²) >= 11 is 6.25. The maximum Gasteiger partial charge on any atom is 0.250 e. The fourth-order valence-electron chi connectivity index (χ4n) is 4.43. The molecule has 1 aromatic carbocycles. The van der Waals surface area contributed by atoms with Gasteiger partial charge in [0.25, 0.3) is 0 Å². The van der Waals surface area contributed by atoms with E-state index in [1.54, 1.807) is 13.3 Å². The highest BCUT2D eigenvalue weighted by molar-refractivity contribution is 6.32. The number of piperidine rings is 2. The number of furan rings is 1. The number of hydrogen-bond acceptors (Lipinski definition) is 9. The molecular formula is C25H30ClN7O2. The van der Waals surface area contributed by atoms with Gasteiger partial charge >= 0.3 is 0 Å². The molecule has 184 valence electrons. The molecule has 5 rings (SSSR count). The van der Waals surface area contributed by atoms with Crippen LogP contribution in [-0.2, 0) is 0 Å². The molecule has 2 saturated heterocycles. The minimum absolute atomic E-state index is 0.436. The second-order valence-electron chi connectivity index (χ2n) is 8.78. The summed E-state index contributed by atoms with van der Waals surface area (Å²) in [6.45, 7) is 3.88. The summed E-state index contributed by atoms with van der Waals surface area (Å²) in [5.74, 6) is 3.78. The van der Waals surface area contributed by atoms with E-state index in [2.05, 4.69) is 30.3 Å². The van der Waals surface area contributed by atoms with Crippen molar-refractivity contribution in [3.8, 4) is 17.1 Å². The molecule has 35 heavy (non-hydrogen) atoms. The first-order valence-electron chi connectivity index (χ1n) is 12.2. The highest BCUT2D eigenvalue weighted by Crippen LogP contribution is 2.31. The Labute approximate surface area is 210 Å². The van der Waals surface area contributed by atoms with E-state index in [9.17, 15) is 0 Å². The van der Waals surface area contributed by atoms with Crippen LogP contribution in [0.2, 0.25) is 5.02 Å². The molecule has 2 aromatic heterocycles. The highest BCUT2D eigenvalue weighted by Gasteiger charge is 2.20. The van der Waals surface area contributed by atoms with Crippen LogP contribution in [0.25, 0.3) is 11.3 Å². The van der Waals surface area contributed by atoms with E-state index in [0.29, 0.717) is 28.2 Å². The molecule has 4 heterocycles. The van der Waals surface area contributed by atoms with E-state index >= 15 is 0 Å². The number of hydrogen-bond donors (Lipinski definition) is 1. The van der Waals surface area contributed by atoms with Crippen LogP contribution in [0.4, 0.5) is 17.8 Å². The zero-order valence-corrected chi connectivity index (χ0v) is 20.7. The van der Waals surface area contributed by atoms with Gasteiger partial charge in [0.2, 0.25) is 17.8 Å². The van der Waals surface area contributed by atoms with Gasteiger partial charge in [-0.25, -0.2) is 5.43 Å². The summed E-state index contributed by atoms with van der Waals surface area (Å²) in [5.41, 5.74) is 3.84. The van der Waals surface area contributed by atoms with Crippen molar-refractivity contribution in [3.63, 3.8) is 0 Å². The van der Waals surface area contributed by atoms with Crippen LogP contribution in [-0.4, -0.2) is 54.5 Å². The number of nitrogens with zero attached hydrogens (tertiary/aromatic N) is 6. The van der Waals surface area contributed by atoms with Gasteiger partial charge < -0.3 is 19.0 Å². The summed E-state index contributed by atoms with van der Waals surface area (Å²) in [5, 5.41) is 4.86. The van der Waals surface area contributed by atoms with Crippen LogP contribution < -0.4 is 20.0 Å². The number of halogens is 1. The minimum Gasteiger partial charge on any atom is -0.495 e. The summed E-state index contributed by atoms with van der Waals surface area (Å²) in [7, 11) is 1.59. The molecule has 0 radical (unpaired) electrons. The molecular weight excluding hydrogens is 466 g/mol. The van der Waals surface area contributed by atoms with Crippen molar-refractivity contribution in [1.82, 2.24) is 15.0 Å². The number of ether oxygens (including phenoxy) is 1. The van der Waals surface area contributed by atoms with Crippen molar-refractivity contribution in [1.29, 1.82) is 0 Å². The number of nitrogens with one attached hydrogen (secondary N) is 1. The molecule has 2 aliphatic heterocycles. The lowest BCUT2D eigenvalue weighted by molar-refractivity contribution is 0.415. The van der Waals surface area contributed by atoms with Crippen molar-refractivity contribution in [2.75, 3.05) is 48.5 Å². The molecule has 3 aromatic rings. The monoisotopic (exact) mass is 495 g/mol. The summed E-state index contributed by atoms with van der Waals surface area (Å²) in [6.07, 6.45) is 8.75. The Kier molecular flexibility index (Phi) is 7.32. The van der Waals surface area contributed by atoms with E-state index < -0.39 is 0 Å². The lowest BCUT2D eigenvalue weighted by atomic mass is 10.1. The van der Waals surface area contributed by atoms with Gasteiger partial charge in [-0.05, 0) is 68.9 Å². The van der Waals surface area contributed by atoms with Gasteiger partial charge in [0.1, 0.15) is 17.3 Å². The third-order valence-corrected chi connectivity index (χ3v) is 6.60. The molecule has 2 fully saturated rings. The van der Waals surface area contributed by atoms with Gasteiger partial charge in [-0.1, -0.05) is 11.6 Å². The van der Waals surface area contributed by atoms with Crippen molar-refractivity contribution in [2.45, 2.75) is 38.5 Å².